The second-order valence-electron chi connectivity index (χ2n) is 19.4. The lowest BCUT2D eigenvalue weighted by molar-refractivity contribution is 0.572. The summed E-state index contributed by atoms with van der Waals surface area (Å²) in [6.07, 6.45) is 6.59. The number of rotatable bonds is 6. The molecule has 362 valence electrons. The van der Waals surface area contributed by atoms with Crippen molar-refractivity contribution in [1.82, 2.24) is 0 Å². The van der Waals surface area contributed by atoms with Crippen LogP contribution < -0.4 is 27.4 Å². The summed E-state index contributed by atoms with van der Waals surface area (Å²) in [5, 5.41) is 5.87. The molecule has 0 fully saturated rings. The third kappa shape index (κ3) is 10.9. The second-order valence-corrected chi connectivity index (χ2v) is 19.4. The van der Waals surface area contributed by atoms with Gasteiger partial charge in [0.05, 0.1) is 0 Å². The Balaban J connectivity index is 0.000000133. The van der Waals surface area contributed by atoms with Crippen molar-refractivity contribution < 1.29 is 4.42 Å². The molecule has 0 bridgehead atoms. The Morgan fingerprint density at radius 1 is 0.405 bits per heavy atom. The molecule has 74 heavy (non-hydrogen) atoms. The lowest BCUT2D eigenvalue weighted by Crippen LogP contribution is -2.21. The highest BCUT2D eigenvalue weighted by Crippen LogP contribution is 2.49. The first-order valence-electron chi connectivity index (χ1n) is 25.5. The van der Waals surface area contributed by atoms with E-state index in [0.717, 1.165) is 63.3 Å². The van der Waals surface area contributed by atoms with Crippen LogP contribution in [0, 0.1) is 6.92 Å². The molecule has 1 heterocycles. The van der Waals surface area contributed by atoms with Gasteiger partial charge in [-0.15, -0.1) is 0 Å². The Morgan fingerprint density at radius 3 is 1.66 bits per heavy atom. The van der Waals surface area contributed by atoms with Crippen LogP contribution in [0.25, 0.3) is 78.8 Å². The summed E-state index contributed by atoms with van der Waals surface area (Å²) in [4.78, 5) is 0. The van der Waals surface area contributed by atoms with Crippen molar-refractivity contribution in [2.24, 2.45) is 0 Å². The first kappa shape index (κ1) is 48.5. The van der Waals surface area contributed by atoms with Crippen LogP contribution in [0.5, 0.6) is 0 Å². The normalized spacial score (nSPS) is 12.3. The molecule has 13 rings (SSSR count). The molecule has 1 aromatic heterocycles. The van der Waals surface area contributed by atoms with Crippen molar-refractivity contribution in [2.75, 3.05) is 16.8 Å². The van der Waals surface area contributed by atoms with Crippen LogP contribution in [0.3, 0.4) is 0 Å². The van der Waals surface area contributed by atoms with Gasteiger partial charge in [0.2, 0.25) is 0 Å². The highest BCUT2D eigenvalue weighted by atomic mass is 16.3. The Morgan fingerprint density at radius 2 is 0.959 bits per heavy atom. The van der Waals surface area contributed by atoms with E-state index >= 15 is 0 Å². The summed E-state index contributed by atoms with van der Waals surface area (Å²) in [5.74, 6) is 0. The molecule has 11 aromatic rings. The van der Waals surface area contributed by atoms with Crippen molar-refractivity contribution in [3.63, 3.8) is 0 Å². The summed E-state index contributed by atoms with van der Waals surface area (Å²) in [5.41, 5.74) is 33.7. The fraction of sp³-hybridized carbons (Fsp3) is 0.0857. The zero-order valence-electron chi connectivity index (χ0n) is 42.3. The predicted octanol–water partition coefficient (Wildman–Crippen LogP) is 17.0. The quantitative estimate of drug-likeness (QED) is 0.145. The van der Waals surface area contributed by atoms with E-state index in [1.165, 1.54) is 66.2 Å². The van der Waals surface area contributed by atoms with Crippen LogP contribution in [0.15, 0.2) is 253 Å². The highest BCUT2D eigenvalue weighted by Gasteiger charge is 2.35. The number of benzene rings is 10. The minimum atomic E-state index is -0.0308. The number of aryl methyl sites for hydroxylation is 1. The standard InChI is InChI=1S/C33H27NO.C18H15N.C13H12.C6H7N/c1-33(2)29-12-5-3-8-25(29)26-15-14-20(19-30(26)33)21-16-22(18-23(34)17-21)24-10-7-11-28-27-9-4-6-13-31(27)35-32(24)28;1-3-9-15(10-4-1)17-13-7-8-14-18(17)19-16-11-5-2-6-12-16;1-11-7-9-13(10-8-11)12-5-3-2-4-6-12;7-6-4-2-1-3-5-6/h3,5,7-19H,4,6,34H2,1-2H3;1-14,19H;2-10H,1H3;1-5H,7H2. The lowest BCUT2D eigenvalue weighted by Gasteiger charge is -2.22. The Kier molecular flexibility index (Phi) is 14.5. The number of anilines is 4. The number of furan rings is 1. The monoisotopic (exact) mass is 959 g/mol. The molecule has 4 heteroatoms. The van der Waals surface area contributed by atoms with Gasteiger partial charge in [0, 0.05) is 49.9 Å². The molecular formula is C70H61N3O. The zero-order valence-corrected chi connectivity index (χ0v) is 42.3. The maximum Gasteiger partial charge on any atom is 0.143 e. The van der Waals surface area contributed by atoms with Gasteiger partial charge in [-0.3, -0.25) is 0 Å². The molecule has 0 amide bonds. The molecule has 2 aliphatic carbocycles. The third-order valence-electron chi connectivity index (χ3n) is 13.8. The van der Waals surface area contributed by atoms with E-state index in [2.05, 4.69) is 226 Å². The predicted molar refractivity (Wildman–Crippen MR) is 316 cm³/mol. The summed E-state index contributed by atoms with van der Waals surface area (Å²) in [6, 6.07) is 85.9. The molecular weight excluding hydrogens is 899 g/mol. The van der Waals surface area contributed by atoms with Gasteiger partial charge in [0.1, 0.15) is 11.0 Å². The van der Waals surface area contributed by atoms with E-state index in [1.54, 1.807) is 0 Å². The van der Waals surface area contributed by atoms with Crippen LogP contribution in [-0.4, -0.2) is 0 Å². The number of para-hydroxylation sites is 4. The summed E-state index contributed by atoms with van der Waals surface area (Å²) in [6.45, 7) is 6.74. The maximum absolute atomic E-state index is 6.47. The first-order valence-corrected chi connectivity index (χ1v) is 25.5. The van der Waals surface area contributed by atoms with Crippen molar-refractivity contribution in [1.29, 1.82) is 0 Å². The Bertz CT molecular complexity index is 3790. The fourth-order valence-electron chi connectivity index (χ4n) is 10.0. The maximum atomic E-state index is 6.47. The molecule has 4 nitrogen and oxygen atoms in total. The van der Waals surface area contributed by atoms with E-state index in [9.17, 15) is 0 Å². The molecule has 0 spiro atoms. The minimum absolute atomic E-state index is 0.0308. The zero-order chi connectivity index (χ0) is 50.9. The number of nitrogen functional groups attached to an aromatic ring is 2. The van der Waals surface area contributed by atoms with E-state index in [1.807, 2.05) is 60.7 Å². The SMILES string of the molecule is CC1(C)c2ccccc2-c2ccc(-c3cc(N)cc(-c4cccc5c6c(oc45)=CCCC=6)c3)cc21.Cc1ccc(-c2ccccc2)cc1.Nc1ccccc1.c1ccc(Nc2ccccc2-c2ccccc2)cc1. The molecule has 0 radical (unpaired) electrons. The molecule has 10 aromatic carbocycles. The van der Waals surface area contributed by atoms with Gasteiger partial charge in [-0.25, -0.2) is 0 Å². The van der Waals surface area contributed by atoms with Crippen LogP contribution in [0.4, 0.5) is 22.7 Å². The number of hydrogen-bond donors (Lipinski definition) is 3. The summed E-state index contributed by atoms with van der Waals surface area (Å²) in [7, 11) is 0. The lowest BCUT2D eigenvalue weighted by atomic mass is 9.81. The van der Waals surface area contributed by atoms with E-state index in [4.69, 9.17) is 15.9 Å². The number of fused-ring (bicyclic) bond motifs is 6. The highest BCUT2D eigenvalue weighted by molar-refractivity contribution is 5.95. The van der Waals surface area contributed by atoms with E-state index in [0.29, 0.717) is 0 Å². The largest absolute Gasteiger partial charge is 0.456 e. The average Bonchev–Trinajstić information content (AvgIpc) is 3.94. The van der Waals surface area contributed by atoms with Crippen molar-refractivity contribution in [3.05, 3.63) is 276 Å². The van der Waals surface area contributed by atoms with Gasteiger partial charge in [-0.05, 0) is 136 Å². The topological polar surface area (TPSA) is 77.2 Å². The number of nitrogens with two attached hydrogens (primary N) is 2. The van der Waals surface area contributed by atoms with Crippen molar-refractivity contribution in [2.45, 2.75) is 39.0 Å². The summed E-state index contributed by atoms with van der Waals surface area (Å²) < 4.78 is 6.36. The molecule has 0 atom stereocenters. The van der Waals surface area contributed by atoms with Gasteiger partial charge < -0.3 is 21.2 Å². The van der Waals surface area contributed by atoms with E-state index < -0.39 is 0 Å². The van der Waals surface area contributed by atoms with E-state index in [-0.39, 0.29) is 5.41 Å². The molecule has 0 saturated carbocycles. The smallest absolute Gasteiger partial charge is 0.143 e. The third-order valence-corrected chi connectivity index (χ3v) is 13.8. The molecule has 0 saturated heterocycles. The van der Waals surface area contributed by atoms with Gasteiger partial charge in [-0.1, -0.05) is 220 Å². The molecule has 5 N–H and O–H groups in total. The van der Waals surface area contributed by atoms with Crippen molar-refractivity contribution >= 4 is 45.9 Å². The van der Waals surface area contributed by atoms with Gasteiger partial charge in [0.25, 0.3) is 0 Å². The van der Waals surface area contributed by atoms with Gasteiger partial charge in [-0.2, -0.15) is 0 Å². The number of nitrogens with one attached hydrogen (secondary N) is 1. The molecule has 2 aliphatic rings. The summed E-state index contributed by atoms with van der Waals surface area (Å²) >= 11 is 0. The van der Waals surface area contributed by atoms with Crippen LogP contribution in [0.1, 0.15) is 43.4 Å². The van der Waals surface area contributed by atoms with Gasteiger partial charge in [0.15, 0.2) is 0 Å². The Labute approximate surface area is 435 Å². The first-order chi connectivity index (χ1) is 36.2. The number of hydrogen-bond acceptors (Lipinski definition) is 4. The second kappa shape index (κ2) is 22.1. The fourth-order valence-corrected chi connectivity index (χ4v) is 10.0. The molecule has 0 aliphatic heterocycles. The van der Waals surface area contributed by atoms with Crippen LogP contribution in [-0.2, 0) is 5.41 Å². The van der Waals surface area contributed by atoms with Crippen molar-refractivity contribution in [3.8, 4) is 55.6 Å². The average molecular weight is 960 g/mol. The Hall–Kier alpha value is -9.12. The van der Waals surface area contributed by atoms with Crippen LogP contribution in [0.2, 0.25) is 0 Å². The molecule has 0 unspecified atom stereocenters. The van der Waals surface area contributed by atoms with Gasteiger partial charge >= 0.3 is 0 Å². The minimum Gasteiger partial charge on any atom is -0.456 e. The van der Waals surface area contributed by atoms with Crippen LogP contribution >= 0.6 is 0 Å².